The molecular weight excluding hydrogens is 450 g/mol. The van der Waals surface area contributed by atoms with Crippen molar-refractivity contribution < 1.29 is 22.3 Å². The summed E-state index contributed by atoms with van der Waals surface area (Å²) in [6.45, 7) is 4.78. The molecule has 0 aromatic carbocycles. The summed E-state index contributed by atoms with van der Waals surface area (Å²) >= 11 is 6.49. The van der Waals surface area contributed by atoms with Crippen LogP contribution < -0.4 is 9.64 Å². The number of nitrogens with zero attached hydrogens (tertiary/aromatic N) is 5. The Morgan fingerprint density at radius 1 is 1.22 bits per heavy atom. The van der Waals surface area contributed by atoms with E-state index in [1.807, 2.05) is 13.8 Å². The van der Waals surface area contributed by atoms with Crippen LogP contribution in [0.4, 0.5) is 23.5 Å². The van der Waals surface area contributed by atoms with Gasteiger partial charge in [-0.2, -0.15) is 13.2 Å². The number of rotatable bonds is 4. The zero-order chi connectivity index (χ0) is 23.3. The van der Waals surface area contributed by atoms with Crippen LogP contribution in [0, 0.1) is 17.3 Å². The molecule has 2 aromatic rings. The summed E-state index contributed by atoms with van der Waals surface area (Å²) in [5.41, 5.74) is -0.400. The van der Waals surface area contributed by atoms with Crippen molar-refractivity contribution in [3.8, 4) is 11.6 Å². The number of aromatic nitrogens is 4. The molecule has 32 heavy (non-hydrogen) atoms. The molecular formula is C21H22ClF4N5O. The van der Waals surface area contributed by atoms with Crippen molar-refractivity contribution in [2.75, 3.05) is 25.1 Å². The van der Waals surface area contributed by atoms with Crippen LogP contribution in [0.1, 0.15) is 19.7 Å². The second-order valence-electron chi connectivity index (χ2n) is 8.36. The first kappa shape index (κ1) is 22.6. The van der Waals surface area contributed by atoms with Crippen molar-refractivity contribution in [1.82, 2.24) is 19.7 Å². The second kappa shape index (κ2) is 8.06. The monoisotopic (exact) mass is 471 g/mol. The lowest BCUT2D eigenvalue weighted by Crippen LogP contribution is -2.39. The Morgan fingerprint density at radius 2 is 1.97 bits per heavy atom. The van der Waals surface area contributed by atoms with Gasteiger partial charge in [0.05, 0.1) is 24.4 Å². The molecule has 0 amide bonds. The van der Waals surface area contributed by atoms with Crippen LogP contribution >= 0.6 is 11.6 Å². The fraction of sp³-hybridized carbons (Fsp3) is 0.476. The van der Waals surface area contributed by atoms with E-state index >= 15 is 0 Å². The first-order valence-corrected chi connectivity index (χ1v) is 10.5. The second-order valence-corrected chi connectivity index (χ2v) is 8.83. The Kier molecular flexibility index (Phi) is 5.68. The number of hydrogen-bond acceptors (Lipinski definition) is 5. The molecule has 1 aliphatic carbocycles. The highest BCUT2D eigenvalue weighted by Crippen LogP contribution is 2.47. The Morgan fingerprint density at radius 3 is 2.56 bits per heavy atom. The largest absolute Gasteiger partial charge is 0.481 e. The average Bonchev–Trinajstić information content (AvgIpc) is 3.35. The molecule has 1 aliphatic heterocycles. The first-order chi connectivity index (χ1) is 15.0. The number of alkyl halides is 4. The minimum Gasteiger partial charge on any atom is -0.481 e. The van der Waals surface area contributed by atoms with Gasteiger partial charge in [0.1, 0.15) is 5.83 Å². The minimum atomic E-state index is -4.71. The van der Waals surface area contributed by atoms with Gasteiger partial charge in [-0.15, -0.1) is 21.8 Å². The van der Waals surface area contributed by atoms with Crippen LogP contribution in [-0.4, -0.2) is 45.3 Å². The van der Waals surface area contributed by atoms with E-state index in [9.17, 15) is 17.6 Å². The number of methoxy groups -OCH3 is 1. The number of pyridine rings is 1. The van der Waals surface area contributed by atoms with E-state index in [1.165, 1.54) is 37.6 Å². The van der Waals surface area contributed by atoms with Gasteiger partial charge in [-0.1, -0.05) is 19.9 Å². The van der Waals surface area contributed by atoms with Crippen molar-refractivity contribution in [3.63, 3.8) is 0 Å². The first-order valence-electron chi connectivity index (χ1n) is 10.0. The summed E-state index contributed by atoms with van der Waals surface area (Å²) in [4.78, 5) is 5.79. The fourth-order valence-electron chi connectivity index (χ4n) is 4.52. The molecule has 1 saturated heterocycles. The predicted octanol–water partition coefficient (Wildman–Crippen LogP) is 4.80. The number of allylic oxidation sites excluding steroid dienone is 4. The molecule has 0 N–H and O–H groups in total. The van der Waals surface area contributed by atoms with Crippen LogP contribution in [0.25, 0.3) is 5.69 Å². The smallest absolute Gasteiger partial charge is 0.452 e. The molecule has 0 bridgehead atoms. The molecule has 2 unspecified atom stereocenters. The normalized spacial score (nSPS) is 28.2. The summed E-state index contributed by atoms with van der Waals surface area (Å²) in [7, 11) is 1.42. The zero-order valence-electron chi connectivity index (χ0n) is 17.6. The quantitative estimate of drug-likeness (QED) is 0.473. The molecule has 0 radical (unpaired) electrons. The van der Waals surface area contributed by atoms with Gasteiger partial charge in [0.2, 0.25) is 17.7 Å². The number of hydrogen-bond donors (Lipinski definition) is 0. The van der Waals surface area contributed by atoms with Gasteiger partial charge in [0.15, 0.2) is 0 Å². The molecule has 2 aromatic heterocycles. The molecule has 4 atom stereocenters. The Labute approximate surface area is 187 Å². The lowest BCUT2D eigenvalue weighted by Gasteiger charge is -2.39. The molecule has 11 heteroatoms. The van der Waals surface area contributed by atoms with Gasteiger partial charge >= 0.3 is 6.18 Å². The van der Waals surface area contributed by atoms with Crippen LogP contribution in [0.5, 0.6) is 5.88 Å². The summed E-state index contributed by atoms with van der Waals surface area (Å²) in [5.74, 6) is -1.17. The van der Waals surface area contributed by atoms with Gasteiger partial charge in [0, 0.05) is 24.6 Å². The number of anilines is 1. The minimum absolute atomic E-state index is 0.0425. The third kappa shape index (κ3) is 3.85. The lowest BCUT2D eigenvalue weighted by atomic mass is 9.68. The van der Waals surface area contributed by atoms with Crippen molar-refractivity contribution in [1.29, 1.82) is 0 Å². The number of halogens is 5. The summed E-state index contributed by atoms with van der Waals surface area (Å²) in [5, 5.41) is 6.76. The molecule has 0 saturated carbocycles. The van der Waals surface area contributed by atoms with E-state index < -0.39 is 28.6 Å². The van der Waals surface area contributed by atoms with Crippen molar-refractivity contribution >= 4 is 17.5 Å². The summed E-state index contributed by atoms with van der Waals surface area (Å²) in [6.07, 6.45) is 1.08. The van der Waals surface area contributed by atoms with Crippen molar-refractivity contribution in [3.05, 3.63) is 48.2 Å². The van der Waals surface area contributed by atoms with Crippen LogP contribution in [0.2, 0.25) is 0 Å². The van der Waals surface area contributed by atoms with E-state index in [2.05, 4.69) is 15.2 Å². The zero-order valence-corrected chi connectivity index (χ0v) is 18.4. The third-order valence-corrected chi connectivity index (χ3v) is 6.88. The summed E-state index contributed by atoms with van der Waals surface area (Å²) in [6, 6.07) is 2.94. The molecule has 1 fully saturated rings. The molecule has 4 rings (SSSR count). The van der Waals surface area contributed by atoms with Crippen molar-refractivity contribution in [2.45, 2.75) is 25.4 Å². The Balaban J connectivity index is 1.71. The predicted molar refractivity (Wildman–Crippen MR) is 112 cm³/mol. The van der Waals surface area contributed by atoms with E-state index in [-0.39, 0.29) is 29.4 Å². The van der Waals surface area contributed by atoms with Gasteiger partial charge in [0.25, 0.3) is 0 Å². The topological polar surface area (TPSA) is 56.1 Å². The van der Waals surface area contributed by atoms with Crippen LogP contribution in [0.15, 0.2) is 42.4 Å². The maximum Gasteiger partial charge on any atom is 0.452 e. The van der Waals surface area contributed by atoms with E-state index in [1.54, 1.807) is 11.0 Å². The van der Waals surface area contributed by atoms with Gasteiger partial charge in [-0.25, -0.2) is 9.37 Å². The average molecular weight is 472 g/mol. The highest BCUT2D eigenvalue weighted by Gasteiger charge is 2.48. The van der Waals surface area contributed by atoms with E-state index in [0.717, 1.165) is 4.57 Å². The van der Waals surface area contributed by atoms with Crippen LogP contribution in [-0.2, 0) is 6.18 Å². The number of ether oxygens (including phenoxy) is 1. The molecule has 172 valence electrons. The fourth-order valence-corrected chi connectivity index (χ4v) is 4.88. The maximum absolute atomic E-state index is 13.7. The summed E-state index contributed by atoms with van der Waals surface area (Å²) < 4.78 is 60.8. The van der Waals surface area contributed by atoms with Gasteiger partial charge in [-0.3, -0.25) is 4.57 Å². The molecule has 6 nitrogen and oxygen atoms in total. The highest BCUT2D eigenvalue weighted by molar-refractivity contribution is 6.22. The van der Waals surface area contributed by atoms with E-state index in [0.29, 0.717) is 13.1 Å². The van der Waals surface area contributed by atoms with Gasteiger partial charge in [-0.05, 0) is 30.1 Å². The molecule has 2 aliphatic rings. The maximum atomic E-state index is 13.7. The standard InChI is InChI=1S/C21H22ClF4N5O/c1-12-10-30(11-15(12)20(2)7-6-13(23)8-16(20)22)19-29-28-18(21(24,25)26)31(19)14-4-5-17(32-3)27-9-14/h4-9,12,15-16H,10-11H2,1-3H3/t12-,15-,16?,20?/m0/s1. The molecule has 3 heterocycles. The molecule has 0 spiro atoms. The van der Waals surface area contributed by atoms with Crippen molar-refractivity contribution in [2.24, 2.45) is 17.3 Å². The lowest BCUT2D eigenvalue weighted by molar-refractivity contribution is -0.146. The highest BCUT2D eigenvalue weighted by atomic mass is 35.5. The third-order valence-electron chi connectivity index (χ3n) is 6.28. The Bertz CT molecular complexity index is 1050. The van der Waals surface area contributed by atoms with Gasteiger partial charge < -0.3 is 9.64 Å². The SMILES string of the molecule is COc1ccc(-n2c(N3C[C@H](C)[C@@H](C4(C)C=CC(F)=CC4Cl)C3)nnc2C(F)(F)F)cn1. The van der Waals surface area contributed by atoms with E-state index in [4.69, 9.17) is 16.3 Å². The Hall–Kier alpha value is -2.62. The van der Waals surface area contributed by atoms with Crippen LogP contribution in [0.3, 0.4) is 0 Å².